The van der Waals surface area contributed by atoms with Gasteiger partial charge in [0, 0.05) is 40.8 Å². The van der Waals surface area contributed by atoms with Gasteiger partial charge in [0.2, 0.25) is 0 Å². The molecule has 6 heavy (non-hydrogen) atoms. The first-order valence-corrected chi connectivity index (χ1v) is 1.58. The summed E-state index contributed by atoms with van der Waals surface area (Å²) >= 11 is 0. The third kappa shape index (κ3) is 8.85. The summed E-state index contributed by atoms with van der Waals surface area (Å²) in [6.07, 6.45) is 5.15. The van der Waals surface area contributed by atoms with Crippen molar-refractivity contribution in [1.82, 2.24) is 0 Å². The number of hydrogen-bond donors (Lipinski definition) is 0. The SMILES string of the molecule is [CH-]=CC=CC.[Nd]. The molecular formula is C5H7Nd-. The van der Waals surface area contributed by atoms with Gasteiger partial charge in [0.15, 0.2) is 0 Å². The van der Waals surface area contributed by atoms with Crippen molar-refractivity contribution in [2.75, 3.05) is 0 Å². The molecule has 0 aliphatic carbocycles. The molecule has 0 amide bonds. The Bertz CT molecular complexity index is 45.9. The summed E-state index contributed by atoms with van der Waals surface area (Å²) in [6.45, 7) is 6.85. The molecule has 0 aliphatic rings. The summed E-state index contributed by atoms with van der Waals surface area (Å²) in [6, 6.07) is 0. The van der Waals surface area contributed by atoms with Gasteiger partial charge in [-0.15, -0.1) is 0 Å². The quantitative estimate of drug-likeness (QED) is 0.456. The predicted octanol–water partition coefficient (Wildman–Crippen LogP) is 1.55. The molecule has 0 bridgehead atoms. The second kappa shape index (κ2) is 9.27. The van der Waals surface area contributed by atoms with E-state index >= 15 is 0 Å². The molecular weight excluding hydrogens is 204 g/mol. The summed E-state index contributed by atoms with van der Waals surface area (Å²) in [4.78, 5) is 0. The Balaban J connectivity index is 0. The van der Waals surface area contributed by atoms with E-state index in [2.05, 4.69) is 0 Å². The number of rotatable bonds is 1. The second-order valence-corrected chi connectivity index (χ2v) is 0.718. The predicted molar refractivity (Wildman–Crippen MR) is 23.7 cm³/mol. The molecule has 0 N–H and O–H groups in total. The van der Waals surface area contributed by atoms with Crippen LogP contribution in [0.2, 0.25) is 0 Å². The van der Waals surface area contributed by atoms with Crippen molar-refractivity contribution in [2.24, 2.45) is 0 Å². The fourth-order valence-electron chi connectivity index (χ4n) is 0.111. The van der Waals surface area contributed by atoms with Gasteiger partial charge in [-0.1, -0.05) is 6.92 Å². The molecule has 32 valence electrons. The van der Waals surface area contributed by atoms with E-state index in [-0.39, 0.29) is 40.8 Å². The first-order chi connectivity index (χ1) is 2.41. The van der Waals surface area contributed by atoms with Gasteiger partial charge < -0.3 is 0 Å². The van der Waals surface area contributed by atoms with Crippen LogP contribution in [0.5, 0.6) is 0 Å². The van der Waals surface area contributed by atoms with Crippen LogP contribution in [0.3, 0.4) is 0 Å². The van der Waals surface area contributed by atoms with Crippen molar-refractivity contribution in [1.29, 1.82) is 0 Å². The topological polar surface area (TPSA) is 0 Å². The molecule has 0 spiro atoms. The van der Waals surface area contributed by atoms with Crippen molar-refractivity contribution in [3.63, 3.8) is 0 Å². The van der Waals surface area contributed by atoms with Gasteiger partial charge >= 0.3 is 0 Å². The Hall–Kier alpha value is 0.831. The molecule has 0 radical (unpaired) electrons. The van der Waals surface area contributed by atoms with Crippen LogP contribution in [0.15, 0.2) is 18.2 Å². The fourth-order valence-corrected chi connectivity index (χ4v) is 0.111. The second-order valence-electron chi connectivity index (χ2n) is 0.718. The van der Waals surface area contributed by atoms with Gasteiger partial charge in [-0.3, -0.25) is 6.58 Å². The molecule has 0 aromatic heterocycles. The molecule has 1 heteroatoms. The normalized spacial score (nSPS) is 7.50. The van der Waals surface area contributed by atoms with Gasteiger partial charge in [0.25, 0.3) is 0 Å². The Kier molecular flexibility index (Phi) is 15.4. The minimum atomic E-state index is 0. The molecule has 0 heterocycles. The molecule has 0 aromatic rings. The van der Waals surface area contributed by atoms with Crippen LogP contribution in [0.25, 0.3) is 0 Å². The molecule has 0 aliphatic heterocycles. The summed E-state index contributed by atoms with van der Waals surface area (Å²) in [7, 11) is 0. The van der Waals surface area contributed by atoms with Crippen LogP contribution in [-0.2, 0) is 0 Å². The standard InChI is InChI=1S/C5H7.Nd/c1-3-5-4-2;/h1,3-5H,2H3;/q-1;. The van der Waals surface area contributed by atoms with Crippen LogP contribution >= 0.6 is 0 Å². The largest absolute Gasteiger partial charge is 0.293 e. The first-order valence-electron chi connectivity index (χ1n) is 1.58. The third-order valence-corrected chi connectivity index (χ3v) is 0.304. The first kappa shape index (κ1) is 9.95. The minimum Gasteiger partial charge on any atom is -0.293 e. The minimum absolute atomic E-state index is 0. The van der Waals surface area contributed by atoms with Crippen LogP contribution in [0, 0.1) is 47.4 Å². The summed E-state index contributed by atoms with van der Waals surface area (Å²) < 4.78 is 0. The van der Waals surface area contributed by atoms with Crippen LogP contribution in [0.4, 0.5) is 0 Å². The van der Waals surface area contributed by atoms with E-state index in [1.54, 1.807) is 6.08 Å². The van der Waals surface area contributed by atoms with Crippen molar-refractivity contribution in [2.45, 2.75) is 6.92 Å². The van der Waals surface area contributed by atoms with Gasteiger partial charge in [-0.2, -0.15) is 6.08 Å². The number of hydrogen-bond acceptors (Lipinski definition) is 0. The molecule has 0 fully saturated rings. The molecule has 0 rings (SSSR count). The van der Waals surface area contributed by atoms with E-state index in [0.29, 0.717) is 0 Å². The van der Waals surface area contributed by atoms with Crippen LogP contribution in [0.1, 0.15) is 6.92 Å². The third-order valence-electron chi connectivity index (χ3n) is 0.304. The fraction of sp³-hybridized carbons (Fsp3) is 0.200. The molecule has 0 atom stereocenters. The number of allylic oxidation sites excluding steroid dienone is 3. The smallest absolute Gasteiger partial charge is 0 e. The average Bonchev–Trinajstić information content (AvgIpc) is 1.41. The zero-order chi connectivity index (χ0) is 4.12. The maximum absolute atomic E-state index is 4.93. The summed E-state index contributed by atoms with van der Waals surface area (Å²) in [5, 5.41) is 0. The Labute approximate surface area is 71.8 Å². The molecule has 0 unspecified atom stereocenters. The monoisotopic (exact) mass is 209 g/mol. The van der Waals surface area contributed by atoms with Crippen LogP contribution in [-0.4, -0.2) is 0 Å². The molecule has 0 nitrogen and oxygen atoms in total. The zero-order valence-corrected chi connectivity index (χ0v) is 7.02. The summed E-state index contributed by atoms with van der Waals surface area (Å²) in [5.41, 5.74) is 0. The van der Waals surface area contributed by atoms with E-state index < -0.39 is 0 Å². The van der Waals surface area contributed by atoms with E-state index in [1.807, 2.05) is 13.0 Å². The average molecular weight is 211 g/mol. The Morgan fingerprint density at radius 1 is 1.50 bits per heavy atom. The summed E-state index contributed by atoms with van der Waals surface area (Å²) in [5.74, 6) is 0. The van der Waals surface area contributed by atoms with Gasteiger partial charge in [-0.25, -0.2) is 12.2 Å². The molecule has 0 aromatic carbocycles. The van der Waals surface area contributed by atoms with Crippen molar-refractivity contribution < 1.29 is 40.8 Å². The van der Waals surface area contributed by atoms with Crippen molar-refractivity contribution in [3.8, 4) is 0 Å². The molecule has 0 saturated carbocycles. The maximum atomic E-state index is 4.93. The van der Waals surface area contributed by atoms with E-state index in [4.69, 9.17) is 6.58 Å². The maximum Gasteiger partial charge on any atom is 0 e. The van der Waals surface area contributed by atoms with Gasteiger partial charge in [-0.05, 0) is 0 Å². The zero-order valence-electron chi connectivity index (χ0n) is 3.81. The van der Waals surface area contributed by atoms with Crippen LogP contribution < -0.4 is 0 Å². The van der Waals surface area contributed by atoms with Gasteiger partial charge in [0.1, 0.15) is 0 Å². The Morgan fingerprint density at radius 3 is 2.00 bits per heavy atom. The van der Waals surface area contributed by atoms with E-state index in [9.17, 15) is 0 Å². The molecule has 0 saturated heterocycles. The Morgan fingerprint density at radius 2 is 2.00 bits per heavy atom. The van der Waals surface area contributed by atoms with Crippen molar-refractivity contribution in [3.05, 3.63) is 24.8 Å². The van der Waals surface area contributed by atoms with E-state index in [0.717, 1.165) is 0 Å². The van der Waals surface area contributed by atoms with Crippen molar-refractivity contribution >= 4 is 0 Å². The van der Waals surface area contributed by atoms with E-state index in [1.165, 1.54) is 6.08 Å². The van der Waals surface area contributed by atoms with Gasteiger partial charge in [0.05, 0.1) is 0 Å².